The van der Waals surface area contributed by atoms with E-state index < -0.39 is 0 Å². The predicted octanol–water partition coefficient (Wildman–Crippen LogP) is 1.33. The molecule has 1 heterocycles. The van der Waals surface area contributed by atoms with Gasteiger partial charge >= 0.3 is 0 Å². The second-order valence-corrected chi connectivity index (χ2v) is 5.16. The number of halogens is 1. The fourth-order valence-electron chi connectivity index (χ4n) is 2.30. The number of benzene rings is 1. The summed E-state index contributed by atoms with van der Waals surface area (Å²) in [5, 5.41) is 19.4. The number of phenols is 1. The van der Waals surface area contributed by atoms with E-state index in [4.69, 9.17) is 11.6 Å². The summed E-state index contributed by atoms with van der Waals surface area (Å²) < 4.78 is 0. The van der Waals surface area contributed by atoms with E-state index in [-0.39, 0.29) is 18.4 Å². The molecule has 0 bridgehead atoms. The molecule has 2 rings (SSSR count). The van der Waals surface area contributed by atoms with Crippen LogP contribution in [0.1, 0.15) is 11.6 Å². The van der Waals surface area contributed by atoms with E-state index in [1.165, 1.54) is 0 Å². The van der Waals surface area contributed by atoms with Gasteiger partial charge in [0.2, 0.25) is 0 Å². The maximum absolute atomic E-state index is 9.60. The normalized spacial score (nSPS) is 19.9. The molecular formula is C13H19ClN2O2. The number of aliphatic hydroxyl groups is 1. The van der Waals surface area contributed by atoms with Gasteiger partial charge in [0.1, 0.15) is 5.75 Å². The van der Waals surface area contributed by atoms with Gasteiger partial charge in [-0.25, -0.2) is 0 Å². The lowest BCUT2D eigenvalue weighted by atomic mass is 10.0. The zero-order valence-corrected chi connectivity index (χ0v) is 11.3. The van der Waals surface area contributed by atoms with Crippen molar-refractivity contribution < 1.29 is 10.2 Å². The van der Waals surface area contributed by atoms with Gasteiger partial charge in [0.15, 0.2) is 0 Å². The Bertz CT molecular complexity index is 406. The summed E-state index contributed by atoms with van der Waals surface area (Å²) in [6.07, 6.45) is 0. The first-order chi connectivity index (χ1) is 8.61. The number of aliphatic hydroxyl groups excluding tert-OH is 1. The molecular weight excluding hydrogens is 252 g/mol. The first-order valence-electron chi connectivity index (χ1n) is 6.13. The minimum absolute atomic E-state index is 0.0446. The summed E-state index contributed by atoms with van der Waals surface area (Å²) in [4.78, 5) is 4.53. The van der Waals surface area contributed by atoms with Crippen molar-refractivity contribution in [3.8, 4) is 5.75 Å². The highest BCUT2D eigenvalue weighted by Crippen LogP contribution is 2.29. The highest BCUT2D eigenvalue weighted by atomic mass is 35.5. The average molecular weight is 271 g/mol. The number of aromatic hydroxyl groups is 1. The Hall–Kier alpha value is -0.810. The molecule has 0 aliphatic carbocycles. The van der Waals surface area contributed by atoms with Gasteiger partial charge in [-0.3, -0.25) is 4.90 Å². The van der Waals surface area contributed by atoms with Crippen LogP contribution < -0.4 is 0 Å². The van der Waals surface area contributed by atoms with Crippen LogP contribution >= 0.6 is 11.6 Å². The second kappa shape index (κ2) is 5.89. The van der Waals surface area contributed by atoms with Gasteiger partial charge in [-0.1, -0.05) is 17.7 Å². The molecule has 2 N–H and O–H groups in total. The first-order valence-corrected chi connectivity index (χ1v) is 6.51. The summed E-state index contributed by atoms with van der Waals surface area (Å²) in [6, 6.07) is 5.09. The lowest BCUT2D eigenvalue weighted by Crippen LogP contribution is -2.46. The minimum Gasteiger partial charge on any atom is -0.506 e. The lowest BCUT2D eigenvalue weighted by molar-refractivity contribution is 0.0748. The zero-order valence-electron chi connectivity index (χ0n) is 10.5. The Kier molecular flexibility index (Phi) is 4.45. The standard InChI is InChI=1S/C13H19ClN2O2/c1-15-4-6-16(7-5-15)12(9-17)10-2-3-13(18)11(14)8-10/h2-3,8,12,17-18H,4-7,9H2,1H3. The Morgan fingerprint density at radius 3 is 2.50 bits per heavy atom. The van der Waals surface area contributed by atoms with Crippen molar-refractivity contribution in [2.75, 3.05) is 39.8 Å². The van der Waals surface area contributed by atoms with Crippen LogP contribution in [0.15, 0.2) is 18.2 Å². The molecule has 4 nitrogen and oxygen atoms in total. The number of rotatable bonds is 3. The van der Waals surface area contributed by atoms with Crippen molar-refractivity contribution in [3.05, 3.63) is 28.8 Å². The Labute approximate surface area is 112 Å². The van der Waals surface area contributed by atoms with Crippen molar-refractivity contribution in [1.29, 1.82) is 0 Å². The molecule has 18 heavy (non-hydrogen) atoms. The summed E-state index contributed by atoms with van der Waals surface area (Å²) >= 11 is 5.92. The summed E-state index contributed by atoms with van der Waals surface area (Å²) in [6.45, 7) is 3.93. The number of nitrogens with zero attached hydrogens (tertiary/aromatic N) is 2. The molecule has 5 heteroatoms. The van der Waals surface area contributed by atoms with Crippen LogP contribution in [0.4, 0.5) is 0 Å². The van der Waals surface area contributed by atoms with E-state index in [9.17, 15) is 10.2 Å². The van der Waals surface area contributed by atoms with E-state index in [2.05, 4.69) is 16.8 Å². The van der Waals surface area contributed by atoms with Crippen molar-refractivity contribution in [1.82, 2.24) is 9.80 Å². The number of hydrogen-bond donors (Lipinski definition) is 2. The monoisotopic (exact) mass is 270 g/mol. The van der Waals surface area contributed by atoms with Crippen molar-refractivity contribution in [3.63, 3.8) is 0 Å². The quantitative estimate of drug-likeness (QED) is 0.870. The van der Waals surface area contributed by atoms with Gasteiger partial charge in [0, 0.05) is 26.2 Å². The van der Waals surface area contributed by atoms with E-state index in [0.717, 1.165) is 31.7 Å². The number of likely N-dealkylation sites (N-methyl/N-ethyl adjacent to an activating group) is 1. The number of piperazine rings is 1. The van der Waals surface area contributed by atoms with Crippen LogP contribution in [-0.2, 0) is 0 Å². The lowest BCUT2D eigenvalue weighted by Gasteiger charge is -2.37. The van der Waals surface area contributed by atoms with E-state index in [1.54, 1.807) is 12.1 Å². The Morgan fingerprint density at radius 2 is 1.94 bits per heavy atom. The molecule has 1 aromatic carbocycles. The van der Waals surface area contributed by atoms with Gasteiger partial charge in [-0.05, 0) is 24.7 Å². The Balaban J connectivity index is 2.14. The van der Waals surface area contributed by atoms with Gasteiger partial charge < -0.3 is 15.1 Å². The maximum atomic E-state index is 9.60. The molecule has 1 aliphatic heterocycles. The predicted molar refractivity (Wildman–Crippen MR) is 72.0 cm³/mol. The van der Waals surface area contributed by atoms with Crippen LogP contribution in [0.2, 0.25) is 5.02 Å². The van der Waals surface area contributed by atoms with Crippen LogP contribution in [-0.4, -0.2) is 59.8 Å². The number of hydrogen-bond acceptors (Lipinski definition) is 4. The zero-order chi connectivity index (χ0) is 13.1. The molecule has 0 radical (unpaired) electrons. The molecule has 0 saturated carbocycles. The molecule has 0 aromatic heterocycles. The largest absolute Gasteiger partial charge is 0.506 e. The molecule has 1 aromatic rings. The van der Waals surface area contributed by atoms with E-state index in [0.29, 0.717) is 5.02 Å². The molecule has 1 unspecified atom stereocenters. The summed E-state index contributed by atoms with van der Waals surface area (Å²) in [5.74, 6) is 0.0792. The van der Waals surface area contributed by atoms with E-state index >= 15 is 0 Å². The van der Waals surface area contributed by atoms with Crippen molar-refractivity contribution in [2.24, 2.45) is 0 Å². The highest BCUT2D eigenvalue weighted by molar-refractivity contribution is 6.32. The van der Waals surface area contributed by atoms with Crippen LogP contribution in [0.25, 0.3) is 0 Å². The topological polar surface area (TPSA) is 46.9 Å². The molecule has 1 atom stereocenters. The third-order valence-corrected chi connectivity index (χ3v) is 3.81. The van der Waals surface area contributed by atoms with Gasteiger partial charge in [0.05, 0.1) is 17.7 Å². The van der Waals surface area contributed by atoms with E-state index in [1.807, 2.05) is 6.07 Å². The van der Waals surface area contributed by atoms with Gasteiger partial charge in [-0.2, -0.15) is 0 Å². The van der Waals surface area contributed by atoms with Crippen LogP contribution in [0.5, 0.6) is 5.75 Å². The SMILES string of the molecule is CN1CCN(C(CO)c2ccc(O)c(Cl)c2)CC1. The second-order valence-electron chi connectivity index (χ2n) is 4.75. The maximum Gasteiger partial charge on any atom is 0.134 e. The van der Waals surface area contributed by atoms with Crippen LogP contribution in [0.3, 0.4) is 0 Å². The molecule has 1 saturated heterocycles. The van der Waals surface area contributed by atoms with Gasteiger partial charge in [0.25, 0.3) is 0 Å². The average Bonchev–Trinajstić information content (AvgIpc) is 2.37. The Morgan fingerprint density at radius 1 is 1.28 bits per heavy atom. The third-order valence-electron chi connectivity index (χ3n) is 3.51. The molecule has 0 amide bonds. The summed E-state index contributed by atoms with van der Waals surface area (Å²) in [7, 11) is 2.10. The minimum atomic E-state index is -0.0446. The molecule has 1 aliphatic rings. The smallest absolute Gasteiger partial charge is 0.134 e. The van der Waals surface area contributed by atoms with Crippen molar-refractivity contribution in [2.45, 2.75) is 6.04 Å². The fourth-order valence-corrected chi connectivity index (χ4v) is 2.48. The van der Waals surface area contributed by atoms with Crippen molar-refractivity contribution >= 4 is 11.6 Å². The molecule has 1 fully saturated rings. The fraction of sp³-hybridized carbons (Fsp3) is 0.538. The highest BCUT2D eigenvalue weighted by Gasteiger charge is 2.23. The number of phenolic OH excluding ortho intramolecular Hbond substituents is 1. The molecule has 0 spiro atoms. The van der Waals surface area contributed by atoms with Gasteiger partial charge in [-0.15, -0.1) is 0 Å². The third kappa shape index (κ3) is 2.95. The summed E-state index contributed by atoms with van der Waals surface area (Å²) in [5.41, 5.74) is 0.949. The van der Waals surface area contributed by atoms with Crippen LogP contribution in [0, 0.1) is 0 Å². The molecule has 100 valence electrons. The first kappa shape index (κ1) is 13.6.